The molecular formula is C13H19N5O4. The summed E-state index contributed by atoms with van der Waals surface area (Å²) in [7, 11) is 1.74. The van der Waals surface area contributed by atoms with Crippen LogP contribution in [0.5, 0.6) is 0 Å². The number of aromatic nitrogens is 4. The Morgan fingerprint density at radius 2 is 2.05 bits per heavy atom. The predicted octanol–water partition coefficient (Wildman–Crippen LogP) is -0.740. The highest BCUT2D eigenvalue weighted by Crippen LogP contribution is 2.29. The van der Waals surface area contributed by atoms with Gasteiger partial charge in [-0.2, -0.15) is 0 Å². The lowest BCUT2D eigenvalue weighted by Crippen LogP contribution is -2.28. The number of nitrogens with zero attached hydrogens (tertiary/aromatic N) is 4. The second-order valence-corrected chi connectivity index (χ2v) is 5.30. The van der Waals surface area contributed by atoms with Gasteiger partial charge < -0.3 is 25.4 Å². The van der Waals surface area contributed by atoms with Gasteiger partial charge in [0.15, 0.2) is 11.5 Å². The largest absolute Gasteiger partial charge is 0.394 e. The van der Waals surface area contributed by atoms with E-state index in [-0.39, 0.29) is 19.4 Å². The maximum absolute atomic E-state index is 10.0. The highest BCUT2D eigenvalue weighted by atomic mass is 16.5. The van der Waals surface area contributed by atoms with Gasteiger partial charge in [-0.15, -0.1) is 0 Å². The molecule has 0 amide bonds. The van der Waals surface area contributed by atoms with Crippen molar-refractivity contribution in [3.63, 3.8) is 0 Å². The van der Waals surface area contributed by atoms with E-state index in [2.05, 4.69) is 20.3 Å². The summed E-state index contributed by atoms with van der Waals surface area (Å²) in [5.74, 6) is 0.594. The molecule has 1 fully saturated rings. The van der Waals surface area contributed by atoms with E-state index >= 15 is 0 Å². The number of anilines is 1. The molecule has 22 heavy (non-hydrogen) atoms. The number of hydrogen-bond donors (Lipinski definition) is 4. The van der Waals surface area contributed by atoms with Crippen LogP contribution < -0.4 is 5.32 Å². The second kappa shape index (κ2) is 6.13. The normalized spacial score (nSPS) is 29.5. The first-order valence-corrected chi connectivity index (χ1v) is 7.11. The maximum atomic E-state index is 10.0. The fraction of sp³-hybridized carbons (Fsp3) is 0.615. The predicted molar refractivity (Wildman–Crippen MR) is 77.1 cm³/mol. The van der Waals surface area contributed by atoms with Gasteiger partial charge in [0.2, 0.25) is 0 Å². The lowest BCUT2D eigenvalue weighted by Gasteiger charge is -2.21. The molecular weight excluding hydrogens is 290 g/mol. The van der Waals surface area contributed by atoms with E-state index in [1.54, 1.807) is 17.9 Å². The van der Waals surface area contributed by atoms with Crippen molar-refractivity contribution in [2.45, 2.75) is 37.4 Å². The zero-order chi connectivity index (χ0) is 15.7. The van der Waals surface area contributed by atoms with Crippen molar-refractivity contribution in [2.75, 3.05) is 19.0 Å². The lowest BCUT2D eigenvalue weighted by atomic mass is 10.1. The molecule has 3 rings (SSSR count). The van der Waals surface area contributed by atoms with Crippen molar-refractivity contribution in [1.29, 1.82) is 0 Å². The van der Waals surface area contributed by atoms with Gasteiger partial charge in [0.05, 0.1) is 31.2 Å². The Kier molecular flexibility index (Phi) is 4.21. The molecule has 1 aliphatic rings. The van der Waals surface area contributed by atoms with Gasteiger partial charge in [0.1, 0.15) is 18.1 Å². The van der Waals surface area contributed by atoms with Crippen LogP contribution in [0, 0.1) is 0 Å². The zero-order valence-corrected chi connectivity index (χ0v) is 12.1. The van der Waals surface area contributed by atoms with E-state index in [0.29, 0.717) is 17.0 Å². The Balaban J connectivity index is 1.98. The molecule has 0 spiro atoms. The first-order valence-electron chi connectivity index (χ1n) is 7.11. The van der Waals surface area contributed by atoms with Gasteiger partial charge in [-0.05, 0) is 0 Å². The number of aliphatic hydroxyl groups excluding tert-OH is 3. The third-order valence-corrected chi connectivity index (χ3v) is 3.85. The van der Waals surface area contributed by atoms with E-state index in [9.17, 15) is 15.3 Å². The number of ether oxygens (including phenoxy) is 1. The van der Waals surface area contributed by atoms with Crippen LogP contribution in [0.3, 0.4) is 0 Å². The average molecular weight is 309 g/mol. The third-order valence-electron chi connectivity index (χ3n) is 3.85. The minimum absolute atomic E-state index is 0.178. The van der Waals surface area contributed by atoms with Gasteiger partial charge in [-0.3, -0.25) is 4.57 Å². The molecule has 1 aliphatic heterocycles. The Morgan fingerprint density at radius 3 is 2.77 bits per heavy atom. The number of hydrogen-bond acceptors (Lipinski definition) is 8. The molecule has 0 aliphatic carbocycles. The number of imidazole rings is 1. The molecule has 120 valence electrons. The van der Waals surface area contributed by atoms with E-state index in [0.717, 1.165) is 0 Å². The minimum atomic E-state index is -0.940. The van der Waals surface area contributed by atoms with Crippen LogP contribution in [0.2, 0.25) is 0 Å². The van der Waals surface area contributed by atoms with Crippen molar-refractivity contribution in [3.05, 3.63) is 12.7 Å². The Bertz CT molecular complexity index is 648. The van der Waals surface area contributed by atoms with Crippen molar-refractivity contribution >= 4 is 17.0 Å². The third kappa shape index (κ3) is 2.63. The summed E-state index contributed by atoms with van der Waals surface area (Å²) in [6, 6.07) is 0. The summed E-state index contributed by atoms with van der Waals surface area (Å²) in [6.45, 7) is -0.232. The van der Waals surface area contributed by atoms with Crippen LogP contribution >= 0.6 is 0 Å². The molecule has 1 saturated heterocycles. The summed E-state index contributed by atoms with van der Waals surface area (Å²) in [5.41, 5.74) is 1.15. The number of fused-ring (bicyclic) bond motifs is 1. The maximum Gasteiger partial charge on any atom is 0.167 e. The monoisotopic (exact) mass is 309 g/mol. The second-order valence-electron chi connectivity index (χ2n) is 5.30. The smallest absolute Gasteiger partial charge is 0.167 e. The summed E-state index contributed by atoms with van der Waals surface area (Å²) in [4.78, 5) is 12.6. The zero-order valence-electron chi connectivity index (χ0n) is 12.1. The average Bonchev–Trinajstić information content (AvgIpc) is 2.90. The quantitative estimate of drug-likeness (QED) is 0.584. The molecule has 2 aromatic heterocycles. The van der Waals surface area contributed by atoms with Crippen molar-refractivity contribution in [2.24, 2.45) is 0 Å². The molecule has 4 atom stereocenters. The molecule has 3 heterocycles. The van der Waals surface area contributed by atoms with E-state index < -0.39 is 24.5 Å². The van der Waals surface area contributed by atoms with Crippen LogP contribution in [0.1, 0.15) is 19.1 Å². The van der Waals surface area contributed by atoms with E-state index in [1.807, 2.05) is 0 Å². The molecule has 0 radical (unpaired) electrons. The van der Waals surface area contributed by atoms with Gasteiger partial charge in [0.25, 0.3) is 0 Å². The lowest BCUT2D eigenvalue weighted by molar-refractivity contribution is -0.0746. The standard InChI is InChI=1S/C13H19N5O4/c1-14-12-11-13(16-5-15-12)18(6-17-11)10-3-9(21)8(20)2-7(4-19)22-10/h5-10,19-21H,2-4H2,1H3,(H,14,15,16)/t7-,8-,9+,10+/m0/s1. The molecule has 9 nitrogen and oxygen atoms in total. The van der Waals surface area contributed by atoms with Gasteiger partial charge in [0, 0.05) is 19.9 Å². The highest BCUT2D eigenvalue weighted by Gasteiger charge is 2.32. The van der Waals surface area contributed by atoms with Crippen molar-refractivity contribution < 1.29 is 20.1 Å². The Morgan fingerprint density at radius 1 is 1.27 bits per heavy atom. The van der Waals surface area contributed by atoms with Crippen LogP contribution in [0.15, 0.2) is 12.7 Å². The topological polar surface area (TPSA) is 126 Å². The first-order chi connectivity index (χ1) is 10.6. The van der Waals surface area contributed by atoms with Gasteiger partial charge in [-0.25, -0.2) is 15.0 Å². The number of aliphatic hydroxyl groups is 3. The van der Waals surface area contributed by atoms with Crippen LogP contribution in [-0.2, 0) is 4.74 Å². The van der Waals surface area contributed by atoms with E-state index in [4.69, 9.17) is 4.74 Å². The molecule has 4 N–H and O–H groups in total. The summed E-state index contributed by atoms with van der Waals surface area (Å²) in [6.07, 6.45) is 0.333. The fourth-order valence-corrected chi connectivity index (χ4v) is 2.67. The Hall–Kier alpha value is -1.81. The van der Waals surface area contributed by atoms with Crippen LogP contribution in [0.4, 0.5) is 5.82 Å². The number of rotatable bonds is 3. The Labute approximate surface area is 126 Å². The summed E-state index contributed by atoms with van der Waals surface area (Å²) >= 11 is 0. The van der Waals surface area contributed by atoms with Gasteiger partial charge in [-0.1, -0.05) is 0 Å². The minimum Gasteiger partial charge on any atom is -0.394 e. The molecule has 0 bridgehead atoms. The molecule has 0 saturated carbocycles. The molecule has 0 unspecified atom stereocenters. The SMILES string of the molecule is CNc1ncnc2c1ncn2[C@H]1C[C@@H](O)[C@@H](O)C[C@@H](CO)O1. The first kappa shape index (κ1) is 15.1. The van der Waals surface area contributed by atoms with Crippen molar-refractivity contribution in [3.8, 4) is 0 Å². The molecule has 9 heteroatoms. The van der Waals surface area contributed by atoms with E-state index in [1.165, 1.54) is 6.33 Å². The fourth-order valence-electron chi connectivity index (χ4n) is 2.67. The van der Waals surface area contributed by atoms with Gasteiger partial charge >= 0.3 is 0 Å². The van der Waals surface area contributed by atoms with Crippen molar-refractivity contribution in [1.82, 2.24) is 19.5 Å². The highest BCUT2D eigenvalue weighted by molar-refractivity contribution is 5.82. The summed E-state index contributed by atoms with van der Waals surface area (Å²) in [5, 5.41) is 32.2. The van der Waals surface area contributed by atoms with Crippen LogP contribution in [-0.4, -0.2) is 66.8 Å². The van der Waals surface area contributed by atoms with Crippen LogP contribution in [0.25, 0.3) is 11.2 Å². The molecule has 2 aromatic rings. The number of nitrogens with one attached hydrogen (secondary N) is 1. The summed E-state index contributed by atoms with van der Waals surface area (Å²) < 4.78 is 7.48. The molecule has 0 aromatic carbocycles.